The summed E-state index contributed by atoms with van der Waals surface area (Å²) in [6, 6.07) is 7.62. The monoisotopic (exact) mass is 253 g/mol. The van der Waals surface area contributed by atoms with Crippen molar-refractivity contribution in [3.63, 3.8) is 0 Å². The van der Waals surface area contributed by atoms with Gasteiger partial charge in [0, 0.05) is 11.6 Å². The summed E-state index contributed by atoms with van der Waals surface area (Å²) in [4.78, 5) is 13.5. The van der Waals surface area contributed by atoms with Crippen molar-refractivity contribution in [1.82, 2.24) is 4.90 Å². The quantitative estimate of drug-likeness (QED) is 0.829. The second-order valence-electron chi connectivity index (χ2n) is 4.19. The number of carbonyl (C=O) groups is 1. The Morgan fingerprint density at radius 1 is 1.53 bits per heavy atom. The van der Waals surface area contributed by atoms with E-state index in [0.29, 0.717) is 11.6 Å². The number of rotatable bonds is 3. The highest BCUT2D eigenvalue weighted by Crippen LogP contribution is 2.24. The molecular formula is C13H16ClNO2. The third-order valence-corrected chi connectivity index (χ3v) is 3.10. The molecule has 1 aliphatic rings. The number of nitrogens with zero attached hydrogens (tertiary/aromatic N) is 1. The molecule has 4 heteroatoms. The normalized spacial score (nSPS) is 20.7. The molecule has 17 heavy (non-hydrogen) atoms. The number of morpholine rings is 1. The van der Waals surface area contributed by atoms with Crippen molar-refractivity contribution in [2.24, 2.45) is 0 Å². The molecule has 92 valence electrons. The minimum absolute atomic E-state index is 0.0575. The van der Waals surface area contributed by atoms with E-state index in [1.54, 1.807) is 0 Å². The van der Waals surface area contributed by atoms with E-state index in [1.165, 1.54) is 0 Å². The summed E-state index contributed by atoms with van der Waals surface area (Å²) in [5.74, 6) is 0.0742. The predicted octanol–water partition coefficient (Wildman–Crippen LogP) is 2.65. The smallest absolute Gasteiger partial charge is 0.248 e. The largest absolute Gasteiger partial charge is 0.362 e. The number of benzene rings is 1. The molecule has 0 aromatic heterocycles. The van der Waals surface area contributed by atoms with E-state index in [4.69, 9.17) is 16.3 Å². The van der Waals surface area contributed by atoms with Crippen molar-refractivity contribution >= 4 is 17.5 Å². The highest BCUT2D eigenvalue weighted by Gasteiger charge is 2.26. The van der Waals surface area contributed by atoms with E-state index >= 15 is 0 Å². The molecule has 1 fully saturated rings. The maximum atomic E-state index is 11.6. The number of amides is 1. The van der Waals surface area contributed by atoms with Gasteiger partial charge in [0.25, 0.3) is 0 Å². The first kappa shape index (κ1) is 12.4. The zero-order valence-corrected chi connectivity index (χ0v) is 10.6. The van der Waals surface area contributed by atoms with Crippen LogP contribution in [0.5, 0.6) is 0 Å². The minimum atomic E-state index is -0.0575. The van der Waals surface area contributed by atoms with Gasteiger partial charge in [-0.3, -0.25) is 4.79 Å². The fourth-order valence-electron chi connectivity index (χ4n) is 2.01. The van der Waals surface area contributed by atoms with E-state index in [-0.39, 0.29) is 18.6 Å². The van der Waals surface area contributed by atoms with Crippen molar-refractivity contribution in [3.8, 4) is 0 Å². The fourth-order valence-corrected chi connectivity index (χ4v) is 2.21. The van der Waals surface area contributed by atoms with Crippen molar-refractivity contribution in [1.29, 1.82) is 0 Å². The van der Waals surface area contributed by atoms with Crippen LogP contribution in [0.4, 0.5) is 0 Å². The van der Waals surface area contributed by atoms with E-state index in [9.17, 15) is 4.79 Å². The molecule has 1 atom stereocenters. The predicted molar refractivity (Wildman–Crippen MR) is 67.0 cm³/mol. The third kappa shape index (κ3) is 2.99. The Morgan fingerprint density at radius 3 is 3.06 bits per heavy atom. The third-order valence-electron chi connectivity index (χ3n) is 2.86. The summed E-state index contributed by atoms with van der Waals surface area (Å²) in [7, 11) is 0. The lowest BCUT2D eigenvalue weighted by atomic mass is 10.1. The molecule has 1 unspecified atom stereocenters. The zero-order chi connectivity index (χ0) is 12.3. The van der Waals surface area contributed by atoms with Gasteiger partial charge in [0.15, 0.2) is 0 Å². The Morgan fingerprint density at radius 2 is 2.35 bits per heavy atom. The number of hydrogen-bond donors (Lipinski definition) is 0. The van der Waals surface area contributed by atoms with Crippen LogP contribution in [0.2, 0.25) is 5.02 Å². The van der Waals surface area contributed by atoms with Gasteiger partial charge in [-0.2, -0.15) is 0 Å². The molecule has 1 saturated heterocycles. The summed E-state index contributed by atoms with van der Waals surface area (Å²) in [6.45, 7) is 3.64. The minimum Gasteiger partial charge on any atom is -0.362 e. The van der Waals surface area contributed by atoms with Gasteiger partial charge in [-0.25, -0.2) is 0 Å². The molecule has 0 radical (unpaired) electrons. The van der Waals surface area contributed by atoms with Gasteiger partial charge in [-0.05, 0) is 24.1 Å². The van der Waals surface area contributed by atoms with Crippen LogP contribution in [0.3, 0.4) is 0 Å². The Labute approximate surface area is 106 Å². The van der Waals surface area contributed by atoms with E-state index < -0.39 is 0 Å². The Hall–Kier alpha value is -1.06. The van der Waals surface area contributed by atoms with Crippen molar-refractivity contribution < 1.29 is 9.53 Å². The van der Waals surface area contributed by atoms with Crippen molar-refractivity contribution in [2.75, 3.05) is 19.7 Å². The lowest BCUT2D eigenvalue weighted by Crippen LogP contribution is -2.43. The van der Waals surface area contributed by atoms with Gasteiger partial charge in [0.2, 0.25) is 5.91 Å². The number of ether oxygens (including phenoxy) is 1. The molecule has 1 aromatic carbocycles. The van der Waals surface area contributed by atoms with Crippen LogP contribution in [0.25, 0.3) is 0 Å². The fraction of sp³-hybridized carbons (Fsp3) is 0.462. The SMILES string of the molecule is CCCN1CC(c2cccc(Cl)c2)OCC1=O. The Bertz CT molecular complexity index is 408. The lowest BCUT2D eigenvalue weighted by molar-refractivity contribution is -0.149. The molecule has 2 rings (SSSR count). The molecule has 1 aliphatic heterocycles. The first-order valence-corrected chi connectivity index (χ1v) is 6.23. The van der Waals surface area contributed by atoms with Gasteiger partial charge >= 0.3 is 0 Å². The molecule has 0 bridgehead atoms. The maximum Gasteiger partial charge on any atom is 0.248 e. The summed E-state index contributed by atoms with van der Waals surface area (Å²) in [6.07, 6.45) is 0.909. The maximum absolute atomic E-state index is 11.6. The second kappa shape index (κ2) is 5.52. The van der Waals surface area contributed by atoms with Gasteiger partial charge in [0.05, 0.1) is 6.54 Å². The highest BCUT2D eigenvalue weighted by molar-refractivity contribution is 6.30. The second-order valence-corrected chi connectivity index (χ2v) is 4.63. The topological polar surface area (TPSA) is 29.5 Å². The Balaban J connectivity index is 2.10. The summed E-state index contributed by atoms with van der Waals surface area (Å²) in [5.41, 5.74) is 1.03. The average molecular weight is 254 g/mol. The van der Waals surface area contributed by atoms with Crippen LogP contribution < -0.4 is 0 Å². The average Bonchev–Trinajstić information content (AvgIpc) is 2.32. The lowest BCUT2D eigenvalue weighted by Gasteiger charge is -2.32. The van der Waals surface area contributed by atoms with Crippen molar-refractivity contribution in [3.05, 3.63) is 34.9 Å². The van der Waals surface area contributed by atoms with Gasteiger partial charge < -0.3 is 9.64 Å². The summed E-state index contributed by atoms with van der Waals surface area (Å²) in [5, 5.41) is 0.699. The Kier molecular flexibility index (Phi) is 4.02. The molecule has 0 saturated carbocycles. The summed E-state index contributed by atoms with van der Waals surface area (Å²) >= 11 is 5.95. The van der Waals surface area contributed by atoms with Gasteiger partial charge in [-0.1, -0.05) is 30.7 Å². The standard InChI is InChI=1S/C13H16ClNO2/c1-2-6-15-8-12(17-9-13(15)16)10-4-3-5-11(14)7-10/h3-5,7,12H,2,6,8-9H2,1H3. The number of hydrogen-bond acceptors (Lipinski definition) is 2. The first-order chi connectivity index (χ1) is 8.20. The van der Waals surface area contributed by atoms with Crippen LogP contribution in [0.1, 0.15) is 25.0 Å². The molecule has 0 spiro atoms. The van der Waals surface area contributed by atoms with Gasteiger partial charge in [-0.15, -0.1) is 0 Å². The number of halogens is 1. The van der Waals surface area contributed by atoms with Crippen molar-refractivity contribution in [2.45, 2.75) is 19.4 Å². The highest BCUT2D eigenvalue weighted by atomic mass is 35.5. The molecule has 1 heterocycles. The van der Waals surface area contributed by atoms with E-state index in [0.717, 1.165) is 18.5 Å². The van der Waals surface area contributed by atoms with E-state index in [2.05, 4.69) is 6.92 Å². The summed E-state index contributed by atoms with van der Waals surface area (Å²) < 4.78 is 5.56. The molecule has 0 N–H and O–H groups in total. The van der Waals surface area contributed by atoms with Crippen LogP contribution in [0, 0.1) is 0 Å². The zero-order valence-electron chi connectivity index (χ0n) is 9.86. The first-order valence-electron chi connectivity index (χ1n) is 5.85. The molecule has 0 aliphatic carbocycles. The number of carbonyl (C=O) groups excluding carboxylic acids is 1. The van der Waals surface area contributed by atoms with Gasteiger partial charge in [0.1, 0.15) is 12.7 Å². The molecule has 1 amide bonds. The van der Waals surface area contributed by atoms with Crippen LogP contribution in [-0.2, 0) is 9.53 Å². The van der Waals surface area contributed by atoms with Crippen LogP contribution in [0.15, 0.2) is 24.3 Å². The van der Waals surface area contributed by atoms with Crippen LogP contribution >= 0.6 is 11.6 Å². The molecule has 3 nitrogen and oxygen atoms in total. The van der Waals surface area contributed by atoms with E-state index in [1.807, 2.05) is 29.2 Å². The van der Waals surface area contributed by atoms with Crippen LogP contribution in [-0.4, -0.2) is 30.5 Å². The molecular weight excluding hydrogens is 238 g/mol. The molecule has 1 aromatic rings.